The first-order valence-electron chi connectivity index (χ1n) is 6.15. The highest BCUT2D eigenvalue weighted by molar-refractivity contribution is 6.01. The van der Waals surface area contributed by atoms with Gasteiger partial charge in [0.2, 0.25) is 0 Å². The second-order valence-electron chi connectivity index (χ2n) is 4.17. The summed E-state index contributed by atoms with van der Waals surface area (Å²) in [6, 6.07) is 13.9. The monoisotopic (exact) mass is 277 g/mol. The Balaban J connectivity index is 2.07. The van der Waals surface area contributed by atoms with Gasteiger partial charge in [-0.25, -0.2) is 0 Å². The number of carbonyl (C=O) groups is 1. The highest BCUT2D eigenvalue weighted by atomic mass is 16.3. The van der Waals surface area contributed by atoms with Crippen molar-refractivity contribution < 1.29 is 9.21 Å². The average molecular weight is 277 g/mol. The molecule has 0 aliphatic rings. The number of hydrogen-bond donors (Lipinski definition) is 1. The second kappa shape index (κ2) is 6.74. The lowest BCUT2D eigenvalue weighted by atomic mass is 10.1. The highest BCUT2D eigenvalue weighted by Gasteiger charge is 2.09. The maximum atomic E-state index is 11.9. The highest BCUT2D eigenvalue weighted by Crippen LogP contribution is 2.09. The molecule has 1 heterocycles. The van der Waals surface area contributed by atoms with E-state index >= 15 is 0 Å². The number of rotatable bonds is 4. The lowest BCUT2D eigenvalue weighted by Crippen LogP contribution is -2.23. The maximum Gasteiger partial charge on any atom is 0.262 e. The Bertz CT molecular complexity index is 729. The fourth-order valence-electron chi connectivity index (χ4n) is 1.64. The van der Waals surface area contributed by atoms with Crippen LogP contribution < -0.4 is 5.32 Å². The first kappa shape index (κ1) is 14.1. The molecular weight excluding hydrogens is 266 g/mol. The Hall–Kier alpha value is -3.31. The summed E-state index contributed by atoms with van der Waals surface area (Å²) in [5.74, 6) is 0.136. The van der Waals surface area contributed by atoms with Gasteiger partial charge in [0.05, 0.1) is 24.4 Å². The van der Waals surface area contributed by atoms with Crippen LogP contribution in [0, 0.1) is 22.7 Å². The first-order valence-corrected chi connectivity index (χ1v) is 6.15. The maximum absolute atomic E-state index is 11.9. The summed E-state index contributed by atoms with van der Waals surface area (Å²) in [5, 5.41) is 20.4. The molecule has 2 aromatic rings. The largest absolute Gasteiger partial charge is 0.467 e. The standard InChI is InChI=1S/C16H11N3O2/c17-9-13-5-3-12(4-6-13)8-14(10-18)16(20)19-11-15-2-1-7-21-15/h1-8H,11H2,(H,19,20)/b14-8+. The number of nitrogens with zero attached hydrogens (tertiary/aromatic N) is 2. The number of nitrogens with one attached hydrogen (secondary N) is 1. The van der Waals surface area contributed by atoms with Gasteiger partial charge in [-0.2, -0.15) is 10.5 Å². The third kappa shape index (κ3) is 3.82. The van der Waals surface area contributed by atoms with E-state index in [4.69, 9.17) is 14.9 Å². The van der Waals surface area contributed by atoms with Crippen molar-refractivity contribution in [3.8, 4) is 12.1 Å². The number of hydrogen-bond acceptors (Lipinski definition) is 4. The van der Waals surface area contributed by atoms with E-state index in [0.29, 0.717) is 16.9 Å². The summed E-state index contributed by atoms with van der Waals surface area (Å²) in [6.45, 7) is 0.220. The molecule has 102 valence electrons. The zero-order valence-electron chi connectivity index (χ0n) is 11.0. The van der Waals surface area contributed by atoms with Crippen molar-refractivity contribution in [2.75, 3.05) is 0 Å². The van der Waals surface area contributed by atoms with Gasteiger partial charge in [-0.3, -0.25) is 4.79 Å². The smallest absolute Gasteiger partial charge is 0.262 e. The van der Waals surface area contributed by atoms with Crippen LogP contribution in [0.2, 0.25) is 0 Å². The summed E-state index contributed by atoms with van der Waals surface area (Å²) in [4.78, 5) is 11.9. The van der Waals surface area contributed by atoms with E-state index in [0.717, 1.165) is 0 Å². The van der Waals surface area contributed by atoms with Crippen LogP contribution in [0.3, 0.4) is 0 Å². The summed E-state index contributed by atoms with van der Waals surface area (Å²) >= 11 is 0. The number of benzene rings is 1. The van der Waals surface area contributed by atoms with E-state index in [1.54, 1.807) is 36.4 Å². The van der Waals surface area contributed by atoms with E-state index in [-0.39, 0.29) is 12.1 Å². The SMILES string of the molecule is N#C/C(=C\c1ccc(C#N)cc1)C(=O)NCc1ccco1. The van der Waals surface area contributed by atoms with Crippen molar-refractivity contribution in [2.45, 2.75) is 6.54 Å². The zero-order chi connectivity index (χ0) is 15.1. The molecule has 5 nitrogen and oxygen atoms in total. The van der Waals surface area contributed by atoms with Crippen molar-refractivity contribution in [3.63, 3.8) is 0 Å². The molecule has 1 aromatic carbocycles. The van der Waals surface area contributed by atoms with Crippen LogP contribution in [0.4, 0.5) is 0 Å². The third-order valence-corrected chi connectivity index (χ3v) is 2.72. The molecule has 5 heteroatoms. The number of amides is 1. The third-order valence-electron chi connectivity index (χ3n) is 2.72. The molecule has 0 aliphatic heterocycles. The lowest BCUT2D eigenvalue weighted by molar-refractivity contribution is -0.117. The number of nitriles is 2. The molecule has 0 fully saturated rings. The minimum absolute atomic E-state index is 0.00809. The van der Waals surface area contributed by atoms with Crippen molar-refractivity contribution >= 4 is 12.0 Å². The van der Waals surface area contributed by atoms with Crippen molar-refractivity contribution in [2.24, 2.45) is 0 Å². The first-order chi connectivity index (χ1) is 10.2. The van der Waals surface area contributed by atoms with Crippen LogP contribution in [-0.4, -0.2) is 5.91 Å². The molecule has 0 unspecified atom stereocenters. The van der Waals surface area contributed by atoms with E-state index in [1.165, 1.54) is 12.3 Å². The Morgan fingerprint density at radius 3 is 2.57 bits per heavy atom. The predicted molar refractivity (Wildman–Crippen MR) is 75.3 cm³/mol. The van der Waals surface area contributed by atoms with E-state index in [2.05, 4.69) is 5.32 Å². The van der Waals surface area contributed by atoms with Crippen LogP contribution in [0.15, 0.2) is 52.7 Å². The van der Waals surface area contributed by atoms with Gasteiger partial charge in [0.15, 0.2) is 0 Å². The van der Waals surface area contributed by atoms with E-state index < -0.39 is 5.91 Å². The summed E-state index contributed by atoms with van der Waals surface area (Å²) in [6.07, 6.45) is 2.98. The van der Waals surface area contributed by atoms with Gasteiger partial charge in [0, 0.05) is 0 Å². The van der Waals surface area contributed by atoms with Gasteiger partial charge in [-0.15, -0.1) is 0 Å². The molecule has 1 amide bonds. The van der Waals surface area contributed by atoms with Gasteiger partial charge in [-0.1, -0.05) is 12.1 Å². The van der Waals surface area contributed by atoms with Crippen LogP contribution in [-0.2, 0) is 11.3 Å². The lowest BCUT2D eigenvalue weighted by Gasteiger charge is -2.02. The molecular formula is C16H11N3O2. The van der Waals surface area contributed by atoms with Crippen molar-refractivity contribution in [3.05, 3.63) is 65.1 Å². The van der Waals surface area contributed by atoms with Gasteiger partial charge in [0.1, 0.15) is 17.4 Å². The Labute approximate surface area is 121 Å². The fourth-order valence-corrected chi connectivity index (χ4v) is 1.64. The minimum atomic E-state index is -0.474. The fraction of sp³-hybridized carbons (Fsp3) is 0.0625. The Kier molecular flexibility index (Phi) is 4.53. The van der Waals surface area contributed by atoms with Crippen molar-refractivity contribution in [1.29, 1.82) is 10.5 Å². The molecule has 0 atom stereocenters. The number of furan rings is 1. The summed E-state index contributed by atoms with van der Waals surface area (Å²) in [7, 11) is 0. The van der Waals surface area contributed by atoms with Crippen LogP contribution in [0.25, 0.3) is 6.08 Å². The molecule has 0 saturated heterocycles. The molecule has 0 bridgehead atoms. The normalized spacial score (nSPS) is 10.5. The molecule has 21 heavy (non-hydrogen) atoms. The molecule has 2 rings (SSSR count). The Morgan fingerprint density at radius 1 is 1.24 bits per heavy atom. The van der Waals surface area contributed by atoms with Crippen molar-refractivity contribution in [1.82, 2.24) is 5.32 Å². The summed E-state index contributed by atoms with van der Waals surface area (Å²) in [5.41, 5.74) is 1.19. The zero-order valence-corrected chi connectivity index (χ0v) is 11.0. The number of carbonyl (C=O) groups excluding carboxylic acids is 1. The minimum Gasteiger partial charge on any atom is -0.467 e. The van der Waals surface area contributed by atoms with Gasteiger partial charge < -0.3 is 9.73 Å². The van der Waals surface area contributed by atoms with Crippen LogP contribution in [0.1, 0.15) is 16.9 Å². The molecule has 0 aliphatic carbocycles. The van der Waals surface area contributed by atoms with Gasteiger partial charge >= 0.3 is 0 Å². The van der Waals surface area contributed by atoms with Gasteiger partial charge in [0.25, 0.3) is 5.91 Å². The molecule has 0 spiro atoms. The van der Waals surface area contributed by atoms with E-state index in [1.807, 2.05) is 12.1 Å². The molecule has 0 saturated carbocycles. The molecule has 1 N–H and O–H groups in total. The van der Waals surface area contributed by atoms with Gasteiger partial charge in [-0.05, 0) is 35.9 Å². The van der Waals surface area contributed by atoms with E-state index in [9.17, 15) is 4.79 Å². The molecule has 0 radical (unpaired) electrons. The van der Waals surface area contributed by atoms with Crippen LogP contribution >= 0.6 is 0 Å². The predicted octanol–water partition coefficient (Wildman–Crippen LogP) is 2.37. The quantitative estimate of drug-likeness (QED) is 0.686. The topological polar surface area (TPSA) is 89.8 Å². The average Bonchev–Trinajstić information content (AvgIpc) is 3.04. The second-order valence-corrected chi connectivity index (χ2v) is 4.17. The Morgan fingerprint density at radius 2 is 2.00 bits per heavy atom. The summed E-state index contributed by atoms with van der Waals surface area (Å²) < 4.78 is 5.09. The molecule has 1 aromatic heterocycles. The van der Waals surface area contributed by atoms with Crippen LogP contribution in [0.5, 0.6) is 0 Å².